The summed E-state index contributed by atoms with van der Waals surface area (Å²) in [7, 11) is -3.59. The van der Waals surface area contributed by atoms with Crippen LogP contribution in [-0.4, -0.2) is 56.1 Å². The van der Waals surface area contributed by atoms with Crippen molar-refractivity contribution in [1.82, 2.24) is 10.2 Å². The van der Waals surface area contributed by atoms with E-state index in [9.17, 15) is 18.0 Å². The van der Waals surface area contributed by atoms with Crippen molar-refractivity contribution in [2.75, 3.05) is 23.7 Å². The lowest BCUT2D eigenvalue weighted by molar-refractivity contribution is -0.141. The molecular formula is C27H37Cl2N3O5S. The Morgan fingerprint density at radius 3 is 2.21 bits per heavy atom. The van der Waals surface area contributed by atoms with Crippen molar-refractivity contribution in [2.24, 2.45) is 0 Å². The zero-order valence-electron chi connectivity index (χ0n) is 22.8. The summed E-state index contributed by atoms with van der Waals surface area (Å²) in [5.74, 6) is 0.0613. The fourth-order valence-corrected chi connectivity index (χ4v) is 5.06. The first-order valence-electron chi connectivity index (χ1n) is 12.4. The van der Waals surface area contributed by atoms with Crippen LogP contribution in [0.3, 0.4) is 0 Å². The maximum Gasteiger partial charge on any atom is 0.242 e. The van der Waals surface area contributed by atoms with E-state index < -0.39 is 21.6 Å². The lowest BCUT2D eigenvalue weighted by Gasteiger charge is -2.32. The number of anilines is 1. The van der Waals surface area contributed by atoms with Gasteiger partial charge in [-0.3, -0.25) is 13.9 Å². The van der Waals surface area contributed by atoms with Gasteiger partial charge in [-0.1, -0.05) is 29.3 Å². The van der Waals surface area contributed by atoms with E-state index in [4.69, 9.17) is 27.9 Å². The lowest BCUT2D eigenvalue weighted by atomic mass is 10.1. The van der Waals surface area contributed by atoms with E-state index in [1.807, 2.05) is 27.7 Å². The first kappa shape index (κ1) is 31.7. The SMILES string of the molecule is CCOc1ccc(N(CCCC(=O)N(Cc2ccc(Cl)c(Cl)c2)[C@@H](C)C(=O)NC(C)(C)C)S(C)(=O)=O)cc1. The molecule has 8 nitrogen and oxygen atoms in total. The fourth-order valence-electron chi connectivity index (χ4n) is 3.77. The average molecular weight is 587 g/mol. The Balaban J connectivity index is 2.20. The van der Waals surface area contributed by atoms with E-state index in [1.54, 1.807) is 49.4 Å². The predicted octanol–water partition coefficient (Wildman–Crippen LogP) is 5.27. The highest BCUT2D eigenvalue weighted by Crippen LogP contribution is 2.25. The summed E-state index contributed by atoms with van der Waals surface area (Å²) >= 11 is 12.2. The molecule has 0 saturated heterocycles. The summed E-state index contributed by atoms with van der Waals surface area (Å²) < 4.78 is 31.7. The molecule has 0 unspecified atom stereocenters. The first-order chi connectivity index (χ1) is 17.6. The topological polar surface area (TPSA) is 96.0 Å². The Morgan fingerprint density at radius 2 is 1.68 bits per heavy atom. The van der Waals surface area contributed by atoms with Gasteiger partial charge in [0.25, 0.3) is 0 Å². The van der Waals surface area contributed by atoms with Crippen molar-refractivity contribution in [3.8, 4) is 5.75 Å². The number of halogens is 2. The van der Waals surface area contributed by atoms with Gasteiger partial charge in [0.05, 0.1) is 28.6 Å². The number of carbonyl (C=O) groups excluding carboxylic acids is 2. The summed E-state index contributed by atoms with van der Waals surface area (Å²) in [4.78, 5) is 27.8. The first-order valence-corrected chi connectivity index (χ1v) is 15.0. The number of nitrogens with zero attached hydrogens (tertiary/aromatic N) is 2. The third kappa shape index (κ3) is 9.67. The summed E-state index contributed by atoms with van der Waals surface area (Å²) in [6, 6.07) is 11.0. The molecule has 0 spiro atoms. The van der Waals surface area contributed by atoms with Gasteiger partial charge in [-0.2, -0.15) is 0 Å². The molecule has 2 aromatic carbocycles. The van der Waals surface area contributed by atoms with Crippen LogP contribution in [0, 0.1) is 0 Å². The molecule has 0 aliphatic heterocycles. The average Bonchev–Trinajstić information content (AvgIpc) is 2.81. The highest BCUT2D eigenvalue weighted by atomic mass is 35.5. The zero-order valence-corrected chi connectivity index (χ0v) is 25.1. The van der Waals surface area contributed by atoms with Gasteiger partial charge in [-0.05, 0) is 83.0 Å². The summed E-state index contributed by atoms with van der Waals surface area (Å²) in [6.07, 6.45) is 1.42. The number of ether oxygens (including phenoxy) is 1. The second kappa shape index (κ2) is 13.5. The van der Waals surface area contributed by atoms with Gasteiger partial charge >= 0.3 is 0 Å². The van der Waals surface area contributed by atoms with Crippen molar-refractivity contribution in [2.45, 2.75) is 65.6 Å². The third-order valence-corrected chi connectivity index (χ3v) is 7.52. The summed E-state index contributed by atoms with van der Waals surface area (Å²) in [5.41, 5.74) is 0.724. The van der Waals surface area contributed by atoms with Crippen molar-refractivity contribution < 1.29 is 22.7 Å². The number of carbonyl (C=O) groups is 2. The number of hydrogen-bond donors (Lipinski definition) is 1. The number of amides is 2. The third-order valence-electron chi connectivity index (χ3n) is 5.59. The highest BCUT2D eigenvalue weighted by Gasteiger charge is 2.29. The molecule has 38 heavy (non-hydrogen) atoms. The predicted molar refractivity (Wildman–Crippen MR) is 153 cm³/mol. The van der Waals surface area contributed by atoms with Crippen molar-refractivity contribution >= 4 is 50.7 Å². The molecule has 0 aliphatic carbocycles. The van der Waals surface area contributed by atoms with E-state index in [0.717, 1.165) is 11.8 Å². The molecule has 1 N–H and O–H groups in total. The van der Waals surface area contributed by atoms with Gasteiger partial charge < -0.3 is 15.0 Å². The van der Waals surface area contributed by atoms with Gasteiger partial charge in [0.2, 0.25) is 21.8 Å². The molecular weight excluding hydrogens is 549 g/mol. The van der Waals surface area contributed by atoms with Crippen molar-refractivity contribution in [1.29, 1.82) is 0 Å². The van der Waals surface area contributed by atoms with Crippen LogP contribution in [0.4, 0.5) is 5.69 Å². The van der Waals surface area contributed by atoms with Crippen LogP contribution in [0.1, 0.15) is 53.0 Å². The van der Waals surface area contributed by atoms with Gasteiger partial charge in [0.15, 0.2) is 0 Å². The molecule has 2 aromatic rings. The standard InChI is InChI=1S/C27H37Cl2N3O5S/c1-7-37-22-13-11-21(12-14-22)32(38(6,35)36)16-8-9-25(33)31(19(2)26(34)30-27(3,4)5)18-20-10-15-23(28)24(29)17-20/h10-15,17,19H,7-9,16,18H2,1-6H3,(H,30,34)/t19-/m0/s1. The van der Waals surface area contributed by atoms with Crippen LogP contribution in [0.15, 0.2) is 42.5 Å². The molecule has 2 amide bonds. The van der Waals surface area contributed by atoms with Crippen LogP contribution < -0.4 is 14.4 Å². The largest absolute Gasteiger partial charge is 0.494 e. The molecule has 2 rings (SSSR count). The smallest absolute Gasteiger partial charge is 0.242 e. The van der Waals surface area contributed by atoms with Crippen LogP contribution in [0.2, 0.25) is 10.0 Å². The highest BCUT2D eigenvalue weighted by molar-refractivity contribution is 7.92. The molecule has 0 heterocycles. The second-order valence-corrected chi connectivity index (χ2v) is 12.8. The number of sulfonamides is 1. The number of benzene rings is 2. The minimum Gasteiger partial charge on any atom is -0.494 e. The molecule has 0 bridgehead atoms. The zero-order chi connectivity index (χ0) is 28.7. The van der Waals surface area contributed by atoms with Crippen LogP contribution in [0.25, 0.3) is 0 Å². The van der Waals surface area contributed by atoms with E-state index >= 15 is 0 Å². The van der Waals surface area contributed by atoms with E-state index in [2.05, 4.69) is 5.32 Å². The van der Waals surface area contributed by atoms with Crippen LogP contribution in [0.5, 0.6) is 5.75 Å². The fraction of sp³-hybridized carbons (Fsp3) is 0.481. The minimum atomic E-state index is -3.59. The monoisotopic (exact) mass is 585 g/mol. The van der Waals surface area contributed by atoms with Gasteiger partial charge in [0, 0.05) is 25.0 Å². The Bertz CT molecular complexity index is 1210. The molecule has 210 valence electrons. The lowest BCUT2D eigenvalue weighted by Crippen LogP contribution is -2.52. The maximum absolute atomic E-state index is 13.4. The van der Waals surface area contributed by atoms with Crippen LogP contribution in [-0.2, 0) is 26.2 Å². The number of rotatable bonds is 12. The van der Waals surface area contributed by atoms with Gasteiger partial charge in [0.1, 0.15) is 11.8 Å². The molecule has 0 radical (unpaired) electrons. The van der Waals surface area contributed by atoms with Crippen molar-refractivity contribution in [3.63, 3.8) is 0 Å². The molecule has 0 saturated carbocycles. The number of hydrogen-bond acceptors (Lipinski definition) is 5. The normalized spacial score (nSPS) is 12.5. The Kier molecular flexibility index (Phi) is 11.3. The summed E-state index contributed by atoms with van der Waals surface area (Å²) in [6.45, 7) is 9.87. The summed E-state index contributed by atoms with van der Waals surface area (Å²) in [5, 5.41) is 3.65. The van der Waals surface area contributed by atoms with Crippen LogP contribution >= 0.6 is 23.2 Å². The number of nitrogens with one attached hydrogen (secondary N) is 1. The molecule has 11 heteroatoms. The maximum atomic E-state index is 13.4. The van der Waals surface area contributed by atoms with E-state index in [1.165, 1.54) is 9.21 Å². The Morgan fingerprint density at radius 1 is 1.05 bits per heavy atom. The molecule has 1 atom stereocenters. The van der Waals surface area contributed by atoms with Gasteiger partial charge in [-0.25, -0.2) is 8.42 Å². The second-order valence-electron chi connectivity index (χ2n) is 10.1. The minimum absolute atomic E-state index is 0.0392. The Labute approximate surface area is 236 Å². The molecule has 0 aromatic heterocycles. The van der Waals surface area contributed by atoms with Gasteiger partial charge in [-0.15, -0.1) is 0 Å². The quantitative estimate of drug-likeness (QED) is 0.366. The van der Waals surface area contributed by atoms with E-state index in [-0.39, 0.29) is 37.7 Å². The molecule has 0 fully saturated rings. The Hall–Kier alpha value is -2.49. The van der Waals surface area contributed by atoms with Crippen molar-refractivity contribution in [3.05, 3.63) is 58.1 Å². The molecule has 0 aliphatic rings. The van der Waals surface area contributed by atoms with E-state index in [0.29, 0.717) is 28.1 Å².